The Kier molecular flexibility index (Phi) is 5.91. The monoisotopic (exact) mass is 353 g/mol. The molecule has 1 saturated heterocycles. The van der Waals surface area contributed by atoms with Crippen molar-refractivity contribution >= 4 is 10.8 Å². The molecule has 2 heterocycles. The van der Waals surface area contributed by atoms with Gasteiger partial charge in [0.05, 0.1) is 12.3 Å². The van der Waals surface area contributed by atoms with E-state index >= 15 is 0 Å². The lowest BCUT2D eigenvalue weighted by Crippen LogP contribution is -2.22. The molecular weight excluding hydrogens is 331 g/mol. The predicted molar refractivity (Wildman–Crippen MR) is 89.1 cm³/mol. The number of hydrogen-bond donors (Lipinski definition) is 0. The molecule has 1 atom stereocenters. The third kappa shape index (κ3) is 5.16. The summed E-state index contributed by atoms with van der Waals surface area (Å²) in [6.07, 6.45) is -0.0905. The molecule has 136 valence electrons. The number of aryl methyl sites for hydroxylation is 1. The van der Waals surface area contributed by atoms with Crippen LogP contribution in [-0.4, -0.2) is 24.1 Å². The molecule has 1 fully saturated rings. The maximum absolute atomic E-state index is 12.5. The van der Waals surface area contributed by atoms with E-state index in [1.165, 1.54) is 0 Å². The molecule has 2 aromatic rings. The molecular formula is C19H22F3NO2. The highest BCUT2D eigenvalue weighted by Crippen LogP contribution is 2.27. The van der Waals surface area contributed by atoms with Crippen molar-refractivity contribution in [3.63, 3.8) is 0 Å². The highest BCUT2D eigenvalue weighted by molar-refractivity contribution is 5.85. The van der Waals surface area contributed by atoms with Gasteiger partial charge in [0.1, 0.15) is 0 Å². The summed E-state index contributed by atoms with van der Waals surface area (Å²) in [6.45, 7) is 0.950. The number of rotatable bonds is 6. The molecule has 1 aliphatic heterocycles. The van der Waals surface area contributed by atoms with Crippen LogP contribution < -0.4 is 0 Å². The van der Waals surface area contributed by atoms with Gasteiger partial charge in [0, 0.05) is 24.6 Å². The van der Waals surface area contributed by atoms with E-state index in [1.807, 2.05) is 24.3 Å². The summed E-state index contributed by atoms with van der Waals surface area (Å²) >= 11 is 0. The Morgan fingerprint density at radius 1 is 1.20 bits per heavy atom. The van der Waals surface area contributed by atoms with Gasteiger partial charge in [0.25, 0.3) is 0 Å². The number of ether oxygens (including phenoxy) is 2. The van der Waals surface area contributed by atoms with Crippen LogP contribution in [0.3, 0.4) is 0 Å². The zero-order valence-corrected chi connectivity index (χ0v) is 14.0. The normalized spacial score (nSPS) is 18.6. The first kappa shape index (κ1) is 18.1. The molecule has 1 aromatic heterocycles. The Morgan fingerprint density at radius 3 is 2.80 bits per heavy atom. The molecule has 0 aliphatic carbocycles. The first-order chi connectivity index (χ1) is 12.0. The third-order valence-corrected chi connectivity index (χ3v) is 4.42. The molecule has 0 spiro atoms. The molecule has 25 heavy (non-hydrogen) atoms. The molecule has 0 radical (unpaired) electrons. The van der Waals surface area contributed by atoms with E-state index in [0.29, 0.717) is 18.7 Å². The van der Waals surface area contributed by atoms with Gasteiger partial charge in [-0.05, 0) is 43.1 Å². The van der Waals surface area contributed by atoms with Gasteiger partial charge in [0.2, 0.25) is 0 Å². The van der Waals surface area contributed by atoms with E-state index in [0.717, 1.165) is 35.6 Å². The van der Waals surface area contributed by atoms with E-state index in [2.05, 4.69) is 4.98 Å². The maximum Gasteiger partial charge on any atom is 0.389 e. The van der Waals surface area contributed by atoms with Crippen molar-refractivity contribution in [1.29, 1.82) is 0 Å². The van der Waals surface area contributed by atoms with Gasteiger partial charge in [-0.25, -0.2) is 0 Å². The van der Waals surface area contributed by atoms with E-state index < -0.39 is 12.6 Å². The van der Waals surface area contributed by atoms with Gasteiger partial charge in [-0.3, -0.25) is 4.98 Å². The summed E-state index contributed by atoms with van der Waals surface area (Å²) in [7, 11) is 0. The van der Waals surface area contributed by atoms with Crippen LogP contribution in [0.15, 0.2) is 30.5 Å². The molecule has 0 amide bonds. The number of alkyl halides is 3. The minimum absolute atomic E-state index is 0.0477. The fraction of sp³-hybridized carbons (Fsp3) is 0.526. The number of aromatic nitrogens is 1. The average molecular weight is 353 g/mol. The molecule has 3 nitrogen and oxygen atoms in total. The number of benzene rings is 1. The summed E-state index contributed by atoms with van der Waals surface area (Å²) < 4.78 is 48.9. The van der Waals surface area contributed by atoms with E-state index in [4.69, 9.17) is 9.47 Å². The van der Waals surface area contributed by atoms with Crippen molar-refractivity contribution in [3.05, 3.63) is 41.7 Å². The van der Waals surface area contributed by atoms with Gasteiger partial charge in [-0.2, -0.15) is 13.2 Å². The van der Waals surface area contributed by atoms with E-state index in [-0.39, 0.29) is 19.3 Å². The van der Waals surface area contributed by atoms with Crippen LogP contribution in [-0.2, 0) is 22.5 Å². The van der Waals surface area contributed by atoms with Crippen molar-refractivity contribution in [1.82, 2.24) is 4.98 Å². The van der Waals surface area contributed by atoms with Gasteiger partial charge >= 0.3 is 6.18 Å². The number of nitrogens with zero attached hydrogens (tertiary/aromatic N) is 1. The van der Waals surface area contributed by atoms with Crippen molar-refractivity contribution in [2.24, 2.45) is 0 Å². The lowest BCUT2D eigenvalue weighted by Gasteiger charge is -2.23. The quantitative estimate of drug-likeness (QED) is 0.718. The molecule has 0 saturated carbocycles. The standard InChI is InChI=1S/C19H22F3NO2/c20-19(21,22)10-5-8-16-15-7-2-1-6-14(15)12-23-17(16)13-25-18-9-3-4-11-24-18/h1-2,6-7,12,18H,3-5,8-11,13H2. The topological polar surface area (TPSA) is 31.4 Å². The largest absolute Gasteiger partial charge is 0.389 e. The summed E-state index contributed by atoms with van der Waals surface area (Å²) in [5.74, 6) is 0. The molecule has 0 bridgehead atoms. The summed E-state index contributed by atoms with van der Waals surface area (Å²) in [4.78, 5) is 4.44. The highest BCUT2D eigenvalue weighted by Gasteiger charge is 2.26. The van der Waals surface area contributed by atoms with E-state index in [1.54, 1.807) is 6.20 Å². The smallest absolute Gasteiger partial charge is 0.353 e. The van der Waals surface area contributed by atoms with Gasteiger partial charge in [-0.15, -0.1) is 0 Å². The van der Waals surface area contributed by atoms with Gasteiger partial charge in [-0.1, -0.05) is 24.3 Å². The Hall–Kier alpha value is -1.66. The van der Waals surface area contributed by atoms with Crippen molar-refractivity contribution < 1.29 is 22.6 Å². The lowest BCUT2D eigenvalue weighted by atomic mass is 9.99. The summed E-state index contributed by atoms with van der Waals surface area (Å²) in [6, 6.07) is 7.64. The zero-order valence-electron chi connectivity index (χ0n) is 14.0. The molecule has 3 rings (SSSR count). The maximum atomic E-state index is 12.5. The second-order valence-corrected chi connectivity index (χ2v) is 6.35. The highest BCUT2D eigenvalue weighted by atomic mass is 19.4. The van der Waals surface area contributed by atoms with Crippen molar-refractivity contribution in [2.75, 3.05) is 6.61 Å². The Labute approximate surface area is 145 Å². The molecule has 1 aliphatic rings. The Balaban J connectivity index is 1.76. The molecule has 0 N–H and O–H groups in total. The number of hydrogen-bond acceptors (Lipinski definition) is 3. The van der Waals surface area contributed by atoms with Crippen LogP contribution in [0, 0.1) is 0 Å². The number of halogens is 3. The molecule has 1 unspecified atom stereocenters. The Bertz CT molecular complexity index is 697. The van der Waals surface area contributed by atoms with Crippen LogP contribution in [0.25, 0.3) is 10.8 Å². The fourth-order valence-electron chi connectivity index (χ4n) is 3.15. The molecule has 1 aromatic carbocycles. The third-order valence-electron chi connectivity index (χ3n) is 4.42. The predicted octanol–water partition coefficient (Wildman–Crippen LogP) is 5.16. The average Bonchev–Trinajstić information content (AvgIpc) is 2.60. The molecule has 6 heteroatoms. The van der Waals surface area contributed by atoms with E-state index in [9.17, 15) is 13.2 Å². The minimum atomic E-state index is -4.13. The van der Waals surface area contributed by atoms with Crippen molar-refractivity contribution in [3.8, 4) is 0 Å². The first-order valence-corrected chi connectivity index (χ1v) is 8.68. The van der Waals surface area contributed by atoms with Gasteiger partial charge < -0.3 is 9.47 Å². The minimum Gasteiger partial charge on any atom is -0.353 e. The number of fused-ring (bicyclic) bond motifs is 1. The van der Waals surface area contributed by atoms with Gasteiger partial charge in [0.15, 0.2) is 6.29 Å². The lowest BCUT2D eigenvalue weighted by molar-refractivity contribution is -0.169. The SMILES string of the molecule is FC(F)(F)CCCc1c(COC2CCCCO2)ncc2ccccc12. The van der Waals surface area contributed by atoms with Crippen LogP contribution >= 0.6 is 0 Å². The van der Waals surface area contributed by atoms with Crippen LogP contribution in [0.5, 0.6) is 0 Å². The van der Waals surface area contributed by atoms with Crippen molar-refractivity contribution in [2.45, 2.75) is 57.6 Å². The van der Waals surface area contributed by atoms with Crippen LogP contribution in [0.1, 0.15) is 43.4 Å². The van der Waals surface area contributed by atoms with Crippen LogP contribution in [0.4, 0.5) is 13.2 Å². The second-order valence-electron chi connectivity index (χ2n) is 6.35. The Morgan fingerprint density at radius 2 is 2.04 bits per heavy atom. The summed E-state index contributed by atoms with van der Waals surface area (Å²) in [5, 5.41) is 1.88. The fourth-order valence-corrected chi connectivity index (χ4v) is 3.15. The summed E-state index contributed by atoms with van der Waals surface area (Å²) in [5.41, 5.74) is 1.55. The number of pyridine rings is 1. The van der Waals surface area contributed by atoms with Crippen LogP contribution in [0.2, 0.25) is 0 Å². The second kappa shape index (κ2) is 8.15. The first-order valence-electron chi connectivity index (χ1n) is 8.68. The zero-order chi connectivity index (χ0) is 17.7.